The lowest BCUT2D eigenvalue weighted by atomic mass is 9.88. The Bertz CT molecular complexity index is 310. The molecule has 3 aliphatic rings. The normalized spacial score (nSPS) is 41.9. The van der Waals surface area contributed by atoms with Gasteiger partial charge in [-0.1, -0.05) is 18.6 Å². The molecule has 2 N–H and O–H groups in total. The van der Waals surface area contributed by atoms with Gasteiger partial charge in [-0.3, -0.25) is 4.90 Å². The molecule has 3 fully saturated rings. The van der Waals surface area contributed by atoms with E-state index in [1.165, 1.54) is 32.2 Å². The Hall–Kier alpha value is -0.190. The molecule has 4 unspecified atom stereocenters. The molecule has 0 radical (unpaired) electrons. The molecule has 4 heteroatoms. The average Bonchev–Trinajstić information content (AvgIpc) is 2.91. The molecule has 1 aliphatic heterocycles. The van der Waals surface area contributed by atoms with Crippen LogP contribution in [-0.2, 0) is 4.74 Å². The second-order valence-corrected chi connectivity index (χ2v) is 6.43. The number of fused-ring (bicyclic) bond motifs is 2. The number of thiocarbonyl (C=S) groups is 1. The largest absolute Gasteiger partial charge is 0.391 e. The molecule has 0 aromatic rings. The first kappa shape index (κ1) is 11.9. The average molecular weight is 254 g/mol. The number of ether oxygens (including phenoxy) is 1. The van der Waals surface area contributed by atoms with Gasteiger partial charge in [-0.2, -0.15) is 0 Å². The maximum Gasteiger partial charge on any atom is 0.120 e. The lowest BCUT2D eigenvalue weighted by molar-refractivity contribution is -0.00190. The molecule has 2 saturated carbocycles. The predicted octanol–water partition coefficient (Wildman–Crippen LogP) is 1.41. The lowest BCUT2D eigenvalue weighted by Crippen LogP contribution is -2.49. The number of hydrogen-bond donors (Lipinski definition) is 1. The minimum Gasteiger partial charge on any atom is -0.391 e. The van der Waals surface area contributed by atoms with Gasteiger partial charge < -0.3 is 10.5 Å². The van der Waals surface area contributed by atoms with Crippen molar-refractivity contribution in [3.05, 3.63) is 0 Å². The smallest absolute Gasteiger partial charge is 0.120 e. The first-order valence-corrected chi connectivity index (χ1v) is 7.26. The van der Waals surface area contributed by atoms with Crippen LogP contribution in [0.4, 0.5) is 0 Å². The van der Waals surface area contributed by atoms with Crippen molar-refractivity contribution in [2.45, 2.75) is 31.8 Å². The van der Waals surface area contributed by atoms with Crippen LogP contribution in [0.1, 0.15) is 25.7 Å². The van der Waals surface area contributed by atoms with Crippen molar-refractivity contribution in [1.29, 1.82) is 0 Å². The van der Waals surface area contributed by atoms with Gasteiger partial charge in [0.1, 0.15) is 11.1 Å². The third-order valence-corrected chi connectivity index (χ3v) is 5.11. The number of hydrogen-bond acceptors (Lipinski definition) is 3. The van der Waals surface area contributed by atoms with E-state index in [0.29, 0.717) is 4.99 Å². The Balaban J connectivity index is 1.53. The van der Waals surface area contributed by atoms with Crippen LogP contribution in [0.5, 0.6) is 0 Å². The molecule has 96 valence electrons. The highest BCUT2D eigenvalue weighted by Crippen LogP contribution is 2.48. The second-order valence-electron chi connectivity index (χ2n) is 5.96. The summed E-state index contributed by atoms with van der Waals surface area (Å²) in [6.45, 7) is 3.97. The molecular formula is C13H22N2OS. The van der Waals surface area contributed by atoms with E-state index in [1.54, 1.807) is 0 Å². The summed E-state index contributed by atoms with van der Waals surface area (Å²) < 4.78 is 5.59. The Kier molecular flexibility index (Phi) is 3.37. The van der Waals surface area contributed by atoms with Gasteiger partial charge in [0.15, 0.2) is 0 Å². The highest BCUT2D eigenvalue weighted by atomic mass is 32.1. The summed E-state index contributed by atoms with van der Waals surface area (Å²) in [7, 11) is 0. The molecular weight excluding hydrogens is 232 g/mol. The van der Waals surface area contributed by atoms with E-state index in [1.807, 2.05) is 0 Å². The van der Waals surface area contributed by atoms with Crippen molar-refractivity contribution in [3.8, 4) is 0 Å². The van der Waals surface area contributed by atoms with Gasteiger partial charge in [-0.05, 0) is 37.0 Å². The van der Waals surface area contributed by atoms with Gasteiger partial charge in [0.2, 0.25) is 0 Å². The first-order valence-electron chi connectivity index (χ1n) is 6.85. The van der Waals surface area contributed by atoms with E-state index in [-0.39, 0.29) is 6.10 Å². The van der Waals surface area contributed by atoms with E-state index in [0.717, 1.165) is 37.5 Å². The summed E-state index contributed by atoms with van der Waals surface area (Å²) in [5.41, 5.74) is 5.68. The molecule has 4 atom stereocenters. The van der Waals surface area contributed by atoms with Crippen LogP contribution < -0.4 is 5.73 Å². The predicted molar refractivity (Wildman–Crippen MR) is 71.9 cm³/mol. The van der Waals surface area contributed by atoms with Crippen LogP contribution in [0.3, 0.4) is 0 Å². The molecule has 0 spiro atoms. The lowest BCUT2D eigenvalue weighted by Gasteiger charge is -2.35. The maximum absolute atomic E-state index is 5.68. The third kappa shape index (κ3) is 2.49. The Morgan fingerprint density at radius 3 is 2.88 bits per heavy atom. The van der Waals surface area contributed by atoms with Crippen molar-refractivity contribution in [1.82, 2.24) is 4.90 Å². The van der Waals surface area contributed by atoms with Crippen molar-refractivity contribution < 1.29 is 4.74 Å². The molecule has 1 saturated heterocycles. The maximum atomic E-state index is 5.68. The summed E-state index contributed by atoms with van der Waals surface area (Å²) in [5, 5.41) is 0. The van der Waals surface area contributed by atoms with Crippen molar-refractivity contribution in [2.75, 3.05) is 26.2 Å². The molecule has 0 aromatic carbocycles. The quantitative estimate of drug-likeness (QED) is 0.773. The van der Waals surface area contributed by atoms with Gasteiger partial charge >= 0.3 is 0 Å². The van der Waals surface area contributed by atoms with Crippen molar-refractivity contribution in [3.63, 3.8) is 0 Å². The van der Waals surface area contributed by atoms with Crippen LogP contribution in [0.25, 0.3) is 0 Å². The standard InChI is InChI=1S/C13H22N2OS/c14-13(17)12-8-15(3-4-16-12)7-11-6-9-1-2-10(11)5-9/h9-12H,1-8H2,(H2,14,17). The summed E-state index contributed by atoms with van der Waals surface area (Å²) in [6, 6.07) is 0. The highest BCUT2D eigenvalue weighted by molar-refractivity contribution is 7.80. The van der Waals surface area contributed by atoms with E-state index < -0.39 is 0 Å². The highest BCUT2D eigenvalue weighted by Gasteiger charge is 2.40. The van der Waals surface area contributed by atoms with E-state index in [2.05, 4.69) is 4.90 Å². The number of morpholine rings is 1. The third-order valence-electron chi connectivity index (χ3n) is 4.85. The zero-order valence-electron chi connectivity index (χ0n) is 10.3. The molecule has 3 nitrogen and oxygen atoms in total. The van der Waals surface area contributed by atoms with Gasteiger partial charge in [-0.15, -0.1) is 0 Å². The topological polar surface area (TPSA) is 38.5 Å². The molecule has 0 amide bonds. The second kappa shape index (κ2) is 4.82. The molecule has 1 heterocycles. The van der Waals surface area contributed by atoms with Gasteiger partial charge in [0.05, 0.1) is 6.61 Å². The number of rotatable bonds is 3. The van der Waals surface area contributed by atoms with Gasteiger partial charge in [-0.25, -0.2) is 0 Å². The van der Waals surface area contributed by atoms with E-state index in [9.17, 15) is 0 Å². The molecule has 2 aliphatic carbocycles. The first-order chi connectivity index (χ1) is 8.22. The minimum absolute atomic E-state index is 0.0164. The monoisotopic (exact) mass is 254 g/mol. The van der Waals surface area contributed by atoms with Crippen molar-refractivity contribution in [2.24, 2.45) is 23.5 Å². The van der Waals surface area contributed by atoms with Gasteiger partial charge in [0, 0.05) is 19.6 Å². The van der Waals surface area contributed by atoms with Crippen LogP contribution in [0.15, 0.2) is 0 Å². The zero-order valence-corrected chi connectivity index (χ0v) is 11.1. The minimum atomic E-state index is -0.0164. The summed E-state index contributed by atoms with van der Waals surface area (Å²) in [4.78, 5) is 3.03. The summed E-state index contributed by atoms with van der Waals surface area (Å²) in [5.74, 6) is 2.97. The Morgan fingerprint density at radius 2 is 2.24 bits per heavy atom. The van der Waals surface area contributed by atoms with E-state index in [4.69, 9.17) is 22.7 Å². The molecule has 2 bridgehead atoms. The van der Waals surface area contributed by atoms with Crippen LogP contribution in [0.2, 0.25) is 0 Å². The van der Waals surface area contributed by atoms with Crippen LogP contribution >= 0.6 is 12.2 Å². The Labute approximate surface area is 109 Å². The fraction of sp³-hybridized carbons (Fsp3) is 0.923. The SMILES string of the molecule is NC(=S)C1CN(CC2CC3CCC2C3)CCO1. The van der Waals surface area contributed by atoms with Crippen molar-refractivity contribution >= 4 is 17.2 Å². The fourth-order valence-corrected chi connectivity index (χ4v) is 4.11. The molecule has 3 rings (SSSR count). The van der Waals surface area contributed by atoms with Crippen LogP contribution in [0, 0.1) is 17.8 Å². The van der Waals surface area contributed by atoms with Gasteiger partial charge in [0.25, 0.3) is 0 Å². The Morgan fingerprint density at radius 1 is 1.35 bits per heavy atom. The zero-order chi connectivity index (χ0) is 11.8. The van der Waals surface area contributed by atoms with Crippen LogP contribution in [-0.4, -0.2) is 42.2 Å². The molecule has 17 heavy (non-hydrogen) atoms. The fourth-order valence-electron chi connectivity index (χ4n) is 3.97. The molecule has 0 aromatic heterocycles. The summed E-state index contributed by atoms with van der Waals surface area (Å²) >= 11 is 5.03. The van der Waals surface area contributed by atoms with E-state index >= 15 is 0 Å². The number of nitrogens with two attached hydrogens (primary N) is 1. The number of nitrogens with zero attached hydrogens (tertiary/aromatic N) is 1. The summed E-state index contributed by atoms with van der Waals surface area (Å²) in [6.07, 6.45) is 5.89.